The number of likely N-dealkylation sites (tertiary alicyclic amines) is 2. The number of fused-ring (bicyclic) bond motifs is 1. The fourth-order valence-electron chi connectivity index (χ4n) is 4.73. The van der Waals surface area contributed by atoms with Crippen LogP contribution >= 0.6 is 0 Å². The molecule has 4 unspecified atom stereocenters. The first-order valence-corrected chi connectivity index (χ1v) is 8.91. The molecule has 1 aliphatic carbocycles. The van der Waals surface area contributed by atoms with Crippen molar-refractivity contribution in [2.75, 3.05) is 26.7 Å². The Kier molecular flexibility index (Phi) is 4.85. The van der Waals surface area contributed by atoms with Gasteiger partial charge in [-0.25, -0.2) is 0 Å². The van der Waals surface area contributed by atoms with Crippen molar-refractivity contribution in [2.45, 2.75) is 63.5 Å². The molecule has 1 saturated carbocycles. The predicted molar refractivity (Wildman–Crippen MR) is 84.9 cm³/mol. The molecule has 2 heterocycles. The van der Waals surface area contributed by atoms with E-state index in [1.165, 1.54) is 38.6 Å². The maximum absolute atomic E-state index is 12.9. The number of hydrogen-bond donors (Lipinski definition) is 1. The Balaban J connectivity index is 1.62. The van der Waals surface area contributed by atoms with Crippen molar-refractivity contribution < 1.29 is 4.79 Å². The number of piperidine rings is 2. The number of amides is 1. The average Bonchev–Trinajstić information content (AvgIpc) is 2.71. The van der Waals surface area contributed by atoms with Gasteiger partial charge < -0.3 is 15.5 Å². The van der Waals surface area contributed by atoms with Gasteiger partial charge in [0.15, 0.2) is 0 Å². The first kappa shape index (κ1) is 15.3. The summed E-state index contributed by atoms with van der Waals surface area (Å²) in [6.07, 6.45) is 9.36. The van der Waals surface area contributed by atoms with Crippen LogP contribution in [0.3, 0.4) is 0 Å². The monoisotopic (exact) mass is 293 g/mol. The third kappa shape index (κ3) is 3.26. The van der Waals surface area contributed by atoms with E-state index in [1.54, 1.807) is 0 Å². The molecule has 0 aromatic rings. The van der Waals surface area contributed by atoms with Crippen molar-refractivity contribution in [3.63, 3.8) is 0 Å². The third-order valence-corrected chi connectivity index (χ3v) is 6.04. The molecule has 2 saturated heterocycles. The molecule has 4 nitrogen and oxygen atoms in total. The summed E-state index contributed by atoms with van der Waals surface area (Å²) in [5.74, 6) is 1.13. The quantitative estimate of drug-likeness (QED) is 0.751. The summed E-state index contributed by atoms with van der Waals surface area (Å²) in [5.41, 5.74) is 6.28. The highest BCUT2D eigenvalue weighted by Gasteiger charge is 2.38. The second-order valence-electron chi connectivity index (χ2n) is 7.43. The van der Waals surface area contributed by atoms with Gasteiger partial charge in [-0.1, -0.05) is 19.3 Å². The Labute approximate surface area is 129 Å². The van der Waals surface area contributed by atoms with E-state index in [1.807, 2.05) is 0 Å². The SMILES string of the molecule is CN1CCCC2CN(C(=O)C3CCCCCC3N)CCC21. The van der Waals surface area contributed by atoms with Gasteiger partial charge in [0, 0.05) is 25.2 Å². The number of carbonyl (C=O) groups excluding carboxylic acids is 1. The zero-order valence-corrected chi connectivity index (χ0v) is 13.5. The van der Waals surface area contributed by atoms with Gasteiger partial charge in [-0.05, 0) is 51.6 Å². The molecule has 21 heavy (non-hydrogen) atoms. The second-order valence-corrected chi connectivity index (χ2v) is 7.43. The van der Waals surface area contributed by atoms with E-state index in [4.69, 9.17) is 5.73 Å². The van der Waals surface area contributed by atoms with Crippen molar-refractivity contribution in [3.8, 4) is 0 Å². The molecular formula is C17H31N3O. The molecule has 0 bridgehead atoms. The minimum absolute atomic E-state index is 0.0883. The van der Waals surface area contributed by atoms with Crippen molar-refractivity contribution in [2.24, 2.45) is 17.6 Å². The minimum Gasteiger partial charge on any atom is -0.342 e. The number of nitrogens with two attached hydrogens (primary N) is 1. The van der Waals surface area contributed by atoms with Crippen LogP contribution in [0.5, 0.6) is 0 Å². The zero-order chi connectivity index (χ0) is 14.8. The molecule has 3 rings (SSSR count). The molecule has 0 radical (unpaired) electrons. The third-order valence-electron chi connectivity index (χ3n) is 6.04. The maximum Gasteiger partial charge on any atom is 0.227 e. The van der Waals surface area contributed by atoms with E-state index in [9.17, 15) is 4.79 Å². The number of carbonyl (C=O) groups is 1. The lowest BCUT2D eigenvalue weighted by Crippen LogP contribution is -2.55. The van der Waals surface area contributed by atoms with E-state index in [2.05, 4.69) is 16.8 Å². The summed E-state index contributed by atoms with van der Waals surface area (Å²) in [4.78, 5) is 17.6. The number of nitrogens with zero attached hydrogens (tertiary/aromatic N) is 2. The molecule has 120 valence electrons. The number of rotatable bonds is 1. The van der Waals surface area contributed by atoms with Crippen LogP contribution in [-0.4, -0.2) is 54.5 Å². The molecule has 0 aromatic heterocycles. The molecule has 0 spiro atoms. The minimum atomic E-state index is 0.0883. The van der Waals surface area contributed by atoms with E-state index < -0.39 is 0 Å². The van der Waals surface area contributed by atoms with Crippen LogP contribution in [0.25, 0.3) is 0 Å². The van der Waals surface area contributed by atoms with Gasteiger partial charge in [-0.2, -0.15) is 0 Å². The zero-order valence-electron chi connectivity index (χ0n) is 13.5. The summed E-state index contributed by atoms with van der Waals surface area (Å²) < 4.78 is 0. The molecule has 0 aromatic carbocycles. The largest absolute Gasteiger partial charge is 0.342 e. The van der Waals surface area contributed by atoms with Crippen LogP contribution in [0.15, 0.2) is 0 Å². The predicted octanol–water partition coefficient (Wildman–Crippen LogP) is 1.84. The second kappa shape index (κ2) is 6.66. The summed E-state index contributed by atoms with van der Waals surface area (Å²) in [7, 11) is 2.25. The van der Waals surface area contributed by atoms with Crippen LogP contribution in [0.4, 0.5) is 0 Å². The Bertz CT molecular complexity index is 373. The van der Waals surface area contributed by atoms with Crippen LogP contribution in [0.1, 0.15) is 51.4 Å². The van der Waals surface area contributed by atoms with Crippen LogP contribution in [0, 0.1) is 11.8 Å². The smallest absolute Gasteiger partial charge is 0.227 e. The van der Waals surface area contributed by atoms with E-state index in [0.717, 1.165) is 32.4 Å². The van der Waals surface area contributed by atoms with Gasteiger partial charge in [0.25, 0.3) is 0 Å². The highest BCUT2D eigenvalue weighted by molar-refractivity contribution is 5.79. The Morgan fingerprint density at radius 3 is 2.67 bits per heavy atom. The van der Waals surface area contributed by atoms with Gasteiger partial charge in [0.05, 0.1) is 5.92 Å². The fraction of sp³-hybridized carbons (Fsp3) is 0.941. The van der Waals surface area contributed by atoms with Gasteiger partial charge in [0.2, 0.25) is 5.91 Å². The van der Waals surface area contributed by atoms with Gasteiger partial charge >= 0.3 is 0 Å². The van der Waals surface area contributed by atoms with Crippen molar-refractivity contribution in [1.29, 1.82) is 0 Å². The van der Waals surface area contributed by atoms with E-state index in [0.29, 0.717) is 17.9 Å². The molecule has 3 fully saturated rings. The van der Waals surface area contributed by atoms with Crippen molar-refractivity contribution in [1.82, 2.24) is 9.80 Å². The maximum atomic E-state index is 12.9. The summed E-state index contributed by atoms with van der Waals surface area (Å²) >= 11 is 0. The van der Waals surface area contributed by atoms with E-state index >= 15 is 0 Å². The van der Waals surface area contributed by atoms with Crippen molar-refractivity contribution in [3.05, 3.63) is 0 Å². The molecule has 4 atom stereocenters. The molecule has 4 heteroatoms. The lowest BCUT2D eigenvalue weighted by Gasteiger charge is -2.46. The first-order valence-electron chi connectivity index (χ1n) is 8.91. The van der Waals surface area contributed by atoms with Crippen molar-refractivity contribution >= 4 is 5.91 Å². The van der Waals surface area contributed by atoms with E-state index in [-0.39, 0.29) is 12.0 Å². The molecule has 2 N–H and O–H groups in total. The molecule has 2 aliphatic heterocycles. The lowest BCUT2D eigenvalue weighted by atomic mass is 9.83. The van der Waals surface area contributed by atoms with Gasteiger partial charge in [-0.15, -0.1) is 0 Å². The summed E-state index contributed by atoms with van der Waals surface area (Å²) in [6.45, 7) is 3.13. The van der Waals surface area contributed by atoms with Gasteiger partial charge in [-0.3, -0.25) is 4.79 Å². The Morgan fingerprint density at radius 1 is 1.00 bits per heavy atom. The highest BCUT2D eigenvalue weighted by Crippen LogP contribution is 2.31. The lowest BCUT2D eigenvalue weighted by molar-refractivity contribution is -0.140. The van der Waals surface area contributed by atoms with Crippen LogP contribution in [-0.2, 0) is 4.79 Å². The highest BCUT2D eigenvalue weighted by atomic mass is 16.2. The van der Waals surface area contributed by atoms with Gasteiger partial charge in [0.1, 0.15) is 0 Å². The van der Waals surface area contributed by atoms with Crippen LogP contribution in [0.2, 0.25) is 0 Å². The normalized spacial score (nSPS) is 38.7. The summed E-state index contributed by atoms with van der Waals surface area (Å²) in [5, 5.41) is 0. The van der Waals surface area contributed by atoms with Crippen LogP contribution < -0.4 is 5.73 Å². The Morgan fingerprint density at radius 2 is 1.81 bits per heavy atom. The summed E-state index contributed by atoms with van der Waals surface area (Å²) in [6, 6.07) is 0.789. The number of hydrogen-bond acceptors (Lipinski definition) is 3. The average molecular weight is 293 g/mol. The molecule has 3 aliphatic rings. The first-order chi connectivity index (χ1) is 10.2. The molecular weight excluding hydrogens is 262 g/mol. The standard InChI is InChI=1S/C17H31N3O/c1-19-10-5-6-13-12-20(11-9-16(13)19)17(21)14-7-3-2-4-8-15(14)18/h13-16H,2-12,18H2,1H3. The topological polar surface area (TPSA) is 49.6 Å². The fourth-order valence-corrected chi connectivity index (χ4v) is 4.73. The molecule has 1 amide bonds. The Hall–Kier alpha value is -0.610.